The van der Waals surface area contributed by atoms with Gasteiger partial charge >= 0.3 is 0 Å². The predicted molar refractivity (Wildman–Crippen MR) is 96.2 cm³/mol. The second kappa shape index (κ2) is 6.97. The van der Waals surface area contributed by atoms with Crippen LogP contribution in [-0.2, 0) is 0 Å². The molecule has 0 bridgehead atoms. The van der Waals surface area contributed by atoms with E-state index in [9.17, 15) is 0 Å². The molecule has 0 aliphatic heterocycles. The first-order valence-corrected chi connectivity index (χ1v) is 8.78. The molecule has 1 aromatic carbocycles. The third-order valence-corrected chi connectivity index (χ3v) is 4.95. The molecule has 1 aromatic heterocycles. The van der Waals surface area contributed by atoms with Crippen molar-refractivity contribution in [3.8, 4) is 0 Å². The summed E-state index contributed by atoms with van der Waals surface area (Å²) in [6, 6.07) is 10.0. The van der Waals surface area contributed by atoms with Gasteiger partial charge in [-0.15, -0.1) is 0 Å². The average molecular weight is 361 g/mol. The Kier molecular flexibility index (Phi) is 4.99. The minimum Gasteiger partial charge on any atom is -0.381 e. The standard InChI is InChI=1S/C18H23BrN3/c1-22(2)12-13-3-6-15(7-4-13)21-18-9-10-20-17-8-5-14(19)11-16(17)18/h5,8,10-11,13,15H,3-4,6-7,12H2,1-2H3,(H,20,21). The lowest BCUT2D eigenvalue weighted by Gasteiger charge is -2.31. The fourth-order valence-corrected chi connectivity index (χ4v) is 3.76. The summed E-state index contributed by atoms with van der Waals surface area (Å²) in [7, 11) is 4.33. The number of anilines is 1. The first-order valence-electron chi connectivity index (χ1n) is 7.99. The topological polar surface area (TPSA) is 28.2 Å². The van der Waals surface area contributed by atoms with Crippen molar-refractivity contribution in [3.63, 3.8) is 0 Å². The van der Waals surface area contributed by atoms with Crippen molar-refractivity contribution < 1.29 is 0 Å². The van der Waals surface area contributed by atoms with Gasteiger partial charge in [-0.05, 0) is 63.9 Å². The van der Waals surface area contributed by atoms with Crippen LogP contribution in [0, 0.1) is 12.0 Å². The van der Waals surface area contributed by atoms with Crippen LogP contribution in [0.15, 0.2) is 28.9 Å². The molecule has 117 valence electrons. The number of rotatable bonds is 4. The van der Waals surface area contributed by atoms with Crippen molar-refractivity contribution >= 4 is 32.5 Å². The van der Waals surface area contributed by atoms with Gasteiger partial charge in [-0.3, -0.25) is 4.98 Å². The molecule has 3 nitrogen and oxygen atoms in total. The van der Waals surface area contributed by atoms with E-state index < -0.39 is 0 Å². The molecule has 3 rings (SSSR count). The third kappa shape index (κ3) is 3.79. The Bertz CT molecular complexity index is 633. The van der Waals surface area contributed by atoms with Crippen LogP contribution in [0.5, 0.6) is 0 Å². The van der Waals surface area contributed by atoms with Gasteiger partial charge in [0.05, 0.1) is 11.2 Å². The average Bonchev–Trinajstić information content (AvgIpc) is 2.49. The van der Waals surface area contributed by atoms with Crippen molar-refractivity contribution in [1.82, 2.24) is 9.88 Å². The van der Waals surface area contributed by atoms with Crippen LogP contribution >= 0.6 is 15.9 Å². The molecule has 4 heteroatoms. The van der Waals surface area contributed by atoms with Crippen LogP contribution in [0.4, 0.5) is 5.69 Å². The van der Waals surface area contributed by atoms with Gasteiger partial charge in [-0.1, -0.05) is 15.9 Å². The Balaban J connectivity index is 1.68. The quantitative estimate of drug-likeness (QED) is 0.879. The third-order valence-electron chi connectivity index (χ3n) is 4.46. The number of nitrogens with one attached hydrogen (secondary N) is 1. The molecule has 0 saturated heterocycles. The van der Waals surface area contributed by atoms with Crippen LogP contribution in [0.1, 0.15) is 25.7 Å². The molecule has 0 atom stereocenters. The highest BCUT2D eigenvalue weighted by molar-refractivity contribution is 9.10. The summed E-state index contributed by atoms with van der Waals surface area (Å²) in [5, 5.41) is 4.84. The highest BCUT2D eigenvalue weighted by Crippen LogP contribution is 2.30. The van der Waals surface area contributed by atoms with Gasteiger partial charge in [0.25, 0.3) is 0 Å². The molecule has 0 spiro atoms. The summed E-state index contributed by atoms with van der Waals surface area (Å²) < 4.78 is 1.08. The fourth-order valence-electron chi connectivity index (χ4n) is 3.39. The molecule has 0 amide bonds. The van der Waals surface area contributed by atoms with E-state index in [1.165, 1.54) is 32.2 Å². The molecule has 1 radical (unpaired) electrons. The van der Waals surface area contributed by atoms with Gasteiger partial charge in [-0.25, -0.2) is 0 Å². The van der Waals surface area contributed by atoms with E-state index in [4.69, 9.17) is 0 Å². The van der Waals surface area contributed by atoms with Gasteiger partial charge in [0.15, 0.2) is 0 Å². The Morgan fingerprint density at radius 1 is 1.27 bits per heavy atom. The molecule has 1 aliphatic rings. The minimum absolute atomic E-state index is 0.555. The molecule has 0 unspecified atom stereocenters. The number of benzene rings is 1. The van der Waals surface area contributed by atoms with E-state index in [0.29, 0.717) is 6.04 Å². The van der Waals surface area contributed by atoms with E-state index in [0.717, 1.165) is 27.0 Å². The molecule has 2 aromatic rings. The lowest BCUT2D eigenvalue weighted by Crippen LogP contribution is -2.31. The minimum atomic E-state index is 0.555. The van der Waals surface area contributed by atoms with Crippen molar-refractivity contribution in [2.75, 3.05) is 26.0 Å². The molecular weight excluding hydrogens is 338 g/mol. The molecular formula is C18H23BrN3. The monoisotopic (exact) mass is 360 g/mol. The first kappa shape index (κ1) is 15.8. The van der Waals surface area contributed by atoms with Crippen molar-refractivity contribution in [3.05, 3.63) is 34.9 Å². The van der Waals surface area contributed by atoms with Gasteiger partial charge in [0.1, 0.15) is 0 Å². The molecule has 22 heavy (non-hydrogen) atoms. The van der Waals surface area contributed by atoms with Crippen molar-refractivity contribution in [2.24, 2.45) is 5.92 Å². The molecule has 1 N–H and O–H groups in total. The molecule has 1 saturated carbocycles. The Morgan fingerprint density at radius 2 is 2.05 bits per heavy atom. The Morgan fingerprint density at radius 3 is 2.77 bits per heavy atom. The number of halogens is 1. The Labute approximate surface area is 141 Å². The van der Waals surface area contributed by atoms with Crippen LogP contribution in [0.3, 0.4) is 0 Å². The van der Waals surface area contributed by atoms with E-state index in [2.05, 4.69) is 57.4 Å². The van der Waals surface area contributed by atoms with E-state index >= 15 is 0 Å². The summed E-state index contributed by atoms with van der Waals surface area (Å²) in [6.45, 7) is 1.21. The molecule has 1 fully saturated rings. The Hall–Kier alpha value is -1.13. The molecule has 1 heterocycles. The van der Waals surface area contributed by atoms with Crippen molar-refractivity contribution in [1.29, 1.82) is 0 Å². The first-order chi connectivity index (χ1) is 10.6. The predicted octanol–water partition coefficient (Wildman–Crippen LogP) is 4.33. The fraction of sp³-hybridized carbons (Fsp3) is 0.500. The smallest absolute Gasteiger partial charge is 0.0724 e. The normalized spacial score (nSPS) is 22.2. The lowest BCUT2D eigenvalue weighted by atomic mass is 9.85. The summed E-state index contributed by atoms with van der Waals surface area (Å²) in [5.41, 5.74) is 2.10. The summed E-state index contributed by atoms with van der Waals surface area (Å²) in [5.74, 6) is 0.848. The van der Waals surface area contributed by atoms with Crippen LogP contribution in [0.2, 0.25) is 0 Å². The zero-order chi connectivity index (χ0) is 15.5. The summed E-state index contributed by atoms with van der Waals surface area (Å²) >= 11 is 3.55. The number of nitrogens with zero attached hydrogens (tertiary/aromatic N) is 2. The second-order valence-electron chi connectivity index (χ2n) is 6.56. The van der Waals surface area contributed by atoms with Gasteiger partial charge in [0.2, 0.25) is 0 Å². The summed E-state index contributed by atoms with van der Waals surface area (Å²) in [4.78, 5) is 6.70. The largest absolute Gasteiger partial charge is 0.381 e. The van der Waals surface area contributed by atoms with Gasteiger partial charge in [0, 0.05) is 34.7 Å². The summed E-state index contributed by atoms with van der Waals surface area (Å²) in [6.07, 6.45) is 6.87. The van der Waals surface area contributed by atoms with E-state index in [-0.39, 0.29) is 0 Å². The number of hydrogen-bond donors (Lipinski definition) is 1. The lowest BCUT2D eigenvalue weighted by molar-refractivity contribution is 0.255. The van der Waals surface area contributed by atoms with E-state index in [1.54, 1.807) is 6.20 Å². The van der Waals surface area contributed by atoms with Gasteiger partial charge < -0.3 is 10.2 Å². The number of pyridine rings is 1. The highest BCUT2D eigenvalue weighted by atomic mass is 79.9. The van der Waals surface area contributed by atoms with Crippen LogP contribution < -0.4 is 5.32 Å². The number of fused-ring (bicyclic) bond motifs is 1. The highest BCUT2D eigenvalue weighted by Gasteiger charge is 2.21. The maximum Gasteiger partial charge on any atom is 0.0724 e. The molecule has 1 aliphatic carbocycles. The number of hydrogen-bond acceptors (Lipinski definition) is 3. The SMILES string of the molecule is CN(C)CC1CCC(Nc2[c]cnc3ccc(Br)cc23)CC1. The maximum atomic E-state index is 4.40. The van der Waals surface area contributed by atoms with Crippen LogP contribution in [-0.4, -0.2) is 36.6 Å². The second-order valence-corrected chi connectivity index (χ2v) is 7.48. The zero-order valence-corrected chi connectivity index (χ0v) is 14.9. The van der Waals surface area contributed by atoms with Crippen LogP contribution in [0.25, 0.3) is 10.9 Å². The maximum absolute atomic E-state index is 4.40. The van der Waals surface area contributed by atoms with E-state index in [1.807, 2.05) is 12.1 Å². The number of aromatic nitrogens is 1. The van der Waals surface area contributed by atoms with Crippen molar-refractivity contribution in [2.45, 2.75) is 31.7 Å². The van der Waals surface area contributed by atoms with Gasteiger partial charge in [-0.2, -0.15) is 0 Å². The zero-order valence-electron chi connectivity index (χ0n) is 13.3.